The summed E-state index contributed by atoms with van der Waals surface area (Å²) in [6.07, 6.45) is 8.58. The Kier molecular flexibility index (Phi) is 12.5. The van der Waals surface area contributed by atoms with Crippen molar-refractivity contribution >= 4 is 0 Å². The van der Waals surface area contributed by atoms with Crippen LogP contribution in [-0.4, -0.2) is 0 Å². The molecule has 0 N–H and O–H groups in total. The third kappa shape index (κ3) is 15.9. The van der Waals surface area contributed by atoms with Crippen LogP contribution in [0.2, 0.25) is 0 Å². The van der Waals surface area contributed by atoms with E-state index in [1.54, 1.807) is 6.08 Å². The Morgan fingerprint density at radius 1 is 1.13 bits per heavy atom. The van der Waals surface area contributed by atoms with Crippen LogP contribution in [0.3, 0.4) is 0 Å². The van der Waals surface area contributed by atoms with Crippen molar-refractivity contribution < 1.29 is 0 Å². The van der Waals surface area contributed by atoms with E-state index >= 15 is 0 Å². The molecule has 0 aliphatic carbocycles. The highest BCUT2D eigenvalue weighted by Gasteiger charge is 1.88. The van der Waals surface area contributed by atoms with Gasteiger partial charge in [-0.25, -0.2) is 0 Å². The standard InChI is InChI=1S/C9H14.C6H14/c1-5-6-9(4)7-8(2)3;1-4-6(3)5-2/h5-7H,1H2,2-4H3;6H,4-5H2,1-3H3/b9-6-;. The predicted molar refractivity (Wildman–Crippen MR) is 73.1 cm³/mol. The molecule has 0 heterocycles. The molecule has 0 saturated carbocycles. The normalized spacial score (nSPS) is 10.5. The molecule has 0 radical (unpaired) electrons. The van der Waals surface area contributed by atoms with Crippen LogP contribution in [-0.2, 0) is 0 Å². The van der Waals surface area contributed by atoms with Crippen LogP contribution in [0.4, 0.5) is 0 Å². The third-order valence-corrected chi connectivity index (χ3v) is 2.29. The molecule has 88 valence electrons. The summed E-state index contributed by atoms with van der Waals surface area (Å²) in [7, 11) is 0. The topological polar surface area (TPSA) is 0 Å². The number of hydrogen-bond acceptors (Lipinski definition) is 0. The van der Waals surface area contributed by atoms with Gasteiger partial charge < -0.3 is 0 Å². The molecule has 0 nitrogen and oxygen atoms in total. The van der Waals surface area contributed by atoms with E-state index in [1.165, 1.54) is 24.0 Å². The van der Waals surface area contributed by atoms with E-state index in [0.29, 0.717) is 0 Å². The van der Waals surface area contributed by atoms with Crippen LogP contribution in [0.1, 0.15) is 54.4 Å². The lowest BCUT2D eigenvalue weighted by Crippen LogP contribution is -1.85. The van der Waals surface area contributed by atoms with Crippen molar-refractivity contribution in [2.45, 2.75) is 54.4 Å². The summed E-state index contributed by atoms with van der Waals surface area (Å²) in [5.74, 6) is 0.935. The predicted octanol–water partition coefficient (Wildman–Crippen LogP) is 5.53. The molecule has 0 spiro atoms. The second-order valence-electron chi connectivity index (χ2n) is 4.29. The fourth-order valence-electron chi connectivity index (χ4n) is 0.978. The fourth-order valence-corrected chi connectivity index (χ4v) is 0.978. The molecule has 15 heavy (non-hydrogen) atoms. The zero-order chi connectivity index (χ0) is 12.3. The van der Waals surface area contributed by atoms with E-state index in [0.717, 1.165) is 5.92 Å². The molecule has 0 bridgehead atoms. The summed E-state index contributed by atoms with van der Waals surface area (Å²) in [6.45, 7) is 16.6. The molecular weight excluding hydrogens is 180 g/mol. The van der Waals surface area contributed by atoms with Crippen molar-refractivity contribution in [1.82, 2.24) is 0 Å². The Balaban J connectivity index is 0. The summed E-state index contributed by atoms with van der Waals surface area (Å²) in [4.78, 5) is 0. The van der Waals surface area contributed by atoms with E-state index in [2.05, 4.69) is 54.2 Å². The average molecular weight is 208 g/mol. The lowest BCUT2D eigenvalue weighted by Gasteiger charge is -1.98. The SMILES string of the molecule is C=C/C=C(/C)C=C(C)C.CCC(C)CC. The molecule has 0 unspecified atom stereocenters. The highest BCUT2D eigenvalue weighted by molar-refractivity contribution is 5.22. The van der Waals surface area contributed by atoms with E-state index in [9.17, 15) is 0 Å². The van der Waals surface area contributed by atoms with Gasteiger partial charge in [-0.2, -0.15) is 0 Å². The Labute approximate surface area is 96.8 Å². The van der Waals surface area contributed by atoms with Crippen molar-refractivity contribution in [3.05, 3.63) is 36.0 Å². The first kappa shape index (κ1) is 16.6. The molecule has 0 rings (SSSR count). The van der Waals surface area contributed by atoms with Gasteiger partial charge in [0.2, 0.25) is 0 Å². The third-order valence-electron chi connectivity index (χ3n) is 2.29. The number of rotatable bonds is 4. The molecule has 0 fully saturated rings. The molecular formula is C15H28. The molecule has 0 aliphatic heterocycles. The summed E-state index contributed by atoms with van der Waals surface area (Å²) in [6, 6.07) is 0. The van der Waals surface area contributed by atoms with Crippen molar-refractivity contribution in [2.24, 2.45) is 5.92 Å². The van der Waals surface area contributed by atoms with Gasteiger partial charge in [0.25, 0.3) is 0 Å². The van der Waals surface area contributed by atoms with E-state index in [4.69, 9.17) is 0 Å². The molecule has 0 aromatic rings. The van der Waals surface area contributed by atoms with E-state index in [1.807, 2.05) is 6.08 Å². The first-order valence-corrected chi connectivity index (χ1v) is 5.92. The smallest absolute Gasteiger partial charge is 0.0398 e. The monoisotopic (exact) mass is 208 g/mol. The molecule has 0 amide bonds. The van der Waals surface area contributed by atoms with Gasteiger partial charge >= 0.3 is 0 Å². The summed E-state index contributed by atoms with van der Waals surface area (Å²) >= 11 is 0. The van der Waals surface area contributed by atoms with Crippen molar-refractivity contribution in [3.8, 4) is 0 Å². The maximum atomic E-state index is 3.60. The first-order valence-electron chi connectivity index (χ1n) is 5.92. The van der Waals surface area contributed by atoms with Crippen LogP contribution in [0.15, 0.2) is 36.0 Å². The van der Waals surface area contributed by atoms with Gasteiger partial charge in [-0.3, -0.25) is 0 Å². The van der Waals surface area contributed by atoms with Crippen LogP contribution in [0.25, 0.3) is 0 Å². The molecule has 0 saturated heterocycles. The highest BCUT2D eigenvalue weighted by atomic mass is 13.9. The molecule has 0 aromatic carbocycles. The van der Waals surface area contributed by atoms with Gasteiger partial charge in [0.15, 0.2) is 0 Å². The number of allylic oxidation sites excluding steroid dienone is 5. The van der Waals surface area contributed by atoms with Crippen molar-refractivity contribution in [3.63, 3.8) is 0 Å². The molecule has 0 atom stereocenters. The minimum atomic E-state index is 0.935. The lowest BCUT2D eigenvalue weighted by atomic mass is 10.1. The van der Waals surface area contributed by atoms with Crippen LogP contribution in [0.5, 0.6) is 0 Å². The Bertz CT molecular complexity index is 198. The largest absolute Gasteiger partial charge is 0.0991 e. The Morgan fingerprint density at radius 3 is 1.80 bits per heavy atom. The quantitative estimate of drug-likeness (QED) is 0.533. The Hall–Kier alpha value is -0.780. The van der Waals surface area contributed by atoms with Gasteiger partial charge in [-0.1, -0.05) is 69.6 Å². The zero-order valence-electron chi connectivity index (χ0n) is 11.4. The van der Waals surface area contributed by atoms with Crippen molar-refractivity contribution in [2.75, 3.05) is 0 Å². The van der Waals surface area contributed by atoms with Gasteiger partial charge in [-0.15, -0.1) is 0 Å². The van der Waals surface area contributed by atoms with E-state index < -0.39 is 0 Å². The highest BCUT2D eigenvalue weighted by Crippen LogP contribution is 2.02. The second-order valence-corrected chi connectivity index (χ2v) is 4.29. The minimum absolute atomic E-state index is 0.935. The first-order chi connectivity index (χ1) is 6.97. The second kappa shape index (κ2) is 11.3. The maximum Gasteiger partial charge on any atom is -0.0398 e. The van der Waals surface area contributed by atoms with E-state index in [-0.39, 0.29) is 0 Å². The maximum absolute atomic E-state index is 3.60. The summed E-state index contributed by atoms with van der Waals surface area (Å²) in [5.41, 5.74) is 2.58. The fraction of sp³-hybridized carbons (Fsp3) is 0.600. The number of hydrogen-bond donors (Lipinski definition) is 0. The van der Waals surface area contributed by atoms with Crippen LogP contribution >= 0.6 is 0 Å². The lowest BCUT2D eigenvalue weighted by molar-refractivity contribution is 0.544. The molecule has 0 aromatic heterocycles. The van der Waals surface area contributed by atoms with Crippen LogP contribution < -0.4 is 0 Å². The van der Waals surface area contributed by atoms with Gasteiger partial charge in [0, 0.05) is 0 Å². The average Bonchev–Trinajstić information content (AvgIpc) is 2.16. The van der Waals surface area contributed by atoms with Gasteiger partial charge in [-0.05, 0) is 26.7 Å². The minimum Gasteiger partial charge on any atom is -0.0991 e. The van der Waals surface area contributed by atoms with Gasteiger partial charge in [0.05, 0.1) is 0 Å². The molecule has 0 aliphatic rings. The Morgan fingerprint density at radius 2 is 1.60 bits per heavy atom. The zero-order valence-corrected chi connectivity index (χ0v) is 11.4. The summed E-state index contributed by atoms with van der Waals surface area (Å²) in [5, 5.41) is 0. The van der Waals surface area contributed by atoms with Crippen LogP contribution in [0, 0.1) is 5.92 Å². The summed E-state index contributed by atoms with van der Waals surface area (Å²) < 4.78 is 0. The van der Waals surface area contributed by atoms with Crippen molar-refractivity contribution in [1.29, 1.82) is 0 Å². The van der Waals surface area contributed by atoms with Gasteiger partial charge in [0.1, 0.15) is 0 Å². The molecule has 0 heteroatoms.